The summed E-state index contributed by atoms with van der Waals surface area (Å²) in [4.78, 5) is 11.8. The molecule has 0 aromatic heterocycles. The highest BCUT2D eigenvalue weighted by molar-refractivity contribution is 9.10. The van der Waals surface area contributed by atoms with Gasteiger partial charge in [-0.15, -0.1) is 0 Å². The molecule has 2 N–H and O–H groups in total. The van der Waals surface area contributed by atoms with Crippen LogP contribution in [0.5, 0.6) is 0 Å². The van der Waals surface area contributed by atoms with E-state index < -0.39 is 11.7 Å². The Kier molecular flexibility index (Phi) is 5.27. The smallest absolute Gasteiger partial charge is 0.324 e. The second-order valence-corrected chi connectivity index (χ2v) is 5.96. The van der Waals surface area contributed by atoms with Gasteiger partial charge in [0.2, 0.25) is 5.91 Å². The number of hydrogen-bond acceptors (Lipinski definition) is 2. The van der Waals surface area contributed by atoms with Gasteiger partial charge in [0.25, 0.3) is 0 Å². The quantitative estimate of drug-likeness (QED) is 0.849. The van der Waals surface area contributed by atoms with Gasteiger partial charge in [0.15, 0.2) is 0 Å². The Morgan fingerprint density at radius 3 is 2.57 bits per heavy atom. The van der Waals surface area contributed by atoms with E-state index >= 15 is 0 Å². The third kappa shape index (κ3) is 4.71. The van der Waals surface area contributed by atoms with Crippen LogP contribution in [-0.4, -0.2) is 18.5 Å². The van der Waals surface area contributed by atoms with Crippen molar-refractivity contribution in [1.82, 2.24) is 5.32 Å². The summed E-state index contributed by atoms with van der Waals surface area (Å²) in [5, 5.41) is 5.61. The van der Waals surface area contributed by atoms with E-state index in [0.29, 0.717) is 10.5 Å². The fourth-order valence-corrected chi connectivity index (χ4v) is 2.70. The summed E-state index contributed by atoms with van der Waals surface area (Å²) in [7, 11) is 0. The first-order valence-electron chi connectivity index (χ1n) is 6.76. The maximum absolute atomic E-state index is 12.6. The Morgan fingerprint density at radius 2 is 1.95 bits per heavy atom. The lowest BCUT2D eigenvalue weighted by molar-refractivity contribution is -0.137. The number of hydrogen-bond donors (Lipinski definition) is 2. The predicted molar refractivity (Wildman–Crippen MR) is 78.0 cm³/mol. The van der Waals surface area contributed by atoms with Crippen molar-refractivity contribution in [2.75, 3.05) is 11.9 Å². The molecular formula is C14H16BrF3N2O. The second kappa shape index (κ2) is 6.79. The van der Waals surface area contributed by atoms with Gasteiger partial charge in [-0.25, -0.2) is 0 Å². The van der Waals surface area contributed by atoms with E-state index in [-0.39, 0.29) is 18.1 Å². The second-order valence-electron chi connectivity index (χ2n) is 5.10. The van der Waals surface area contributed by atoms with E-state index in [1.54, 1.807) is 0 Å². The van der Waals surface area contributed by atoms with Crippen molar-refractivity contribution < 1.29 is 18.0 Å². The molecule has 0 radical (unpaired) electrons. The van der Waals surface area contributed by atoms with Crippen molar-refractivity contribution in [2.24, 2.45) is 0 Å². The number of carbonyl (C=O) groups is 1. The van der Waals surface area contributed by atoms with Crippen molar-refractivity contribution in [3.63, 3.8) is 0 Å². The SMILES string of the molecule is O=C(CNC1CCCC1)Nc1cc(C(F)(F)F)ccc1Br. The van der Waals surface area contributed by atoms with E-state index in [4.69, 9.17) is 0 Å². The number of nitrogens with one attached hydrogen (secondary N) is 2. The minimum atomic E-state index is -4.43. The minimum absolute atomic E-state index is 0.105. The summed E-state index contributed by atoms with van der Waals surface area (Å²) in [5.74, 6) is -0.345. The Bertz CT molecular complexity index is 513. The first kappa shape index (κ1) is 16.3. The number of alkyl halides is 3. The summed E-state index contributed by atoms with van der Waals surface area (Å²) < 4.78 is 38.4. The van der Waals surface area contributed by atoms with E-state index in [9.17, 15) is 18.0 Å². The largest absolute Gasteiger partial charge is 0.416 e. The Morgan fingerprint density at radius 1 is 1.29 bits per heavy atom. The fourth-order valence-electron chi connectivity index (χ4n) is 2.36. The van der Waals surface area contributed by atoms with E-state index in [1.807, 2.05) is 0 Å². The molecule has 3 nitrogen and oxygen atoms in total. The van der Waals surface area contributed by atoms with Crippen LogP contribution in [0.15, 0.2) is 22.7 Å². The number of rotatable bonds is 4. The van der Waals surface area contributed by atoms with Crippen LogP contribution in [0.2, 0.25) is 0 Å². The minimum Gasteiger partial charge on any atom is -0.324 e. The van der Waals surface area contributed by atoms with Gasteiger partial charge < -0.3 is 10.6 Å². The fraction of sp³-hybridized carbons (Fsp3) is 0.500. The molecule has 0 saturated heterocycles. The van der Waals surface area contributed by atoms with Crippen LogP contribution in [0.25, 0.3) is 0 Å². The molecule has 0 atom stereocenters. The highest BCUT2D eigenvalue weighted by Crippen LogP contribution is 2.33. The third-order valence-electron chi connectivity index (χ3n) is 3.47. The van der Waals surface area contributed by atoms with Crippen molar-refractivity contribution in [1.29, 1.82) is 0 Å². The zero-order chi connectivity index (χ0) is 15.5. The molecule has 0 heterocycles. The molecule has 1 aromatic rings. The molecule has 1 saturated carbocycles. The summed E-state index contributed by atoms with van der Waals surface area (Å²) in [6.07, 6.45) is -0.0414. The molecule has 7 heteroatoms. The highest BCUT2D eigenvalue weighted by Gasteiger charge is 2.31. The van der Waals surface area contributed by atoms with E-state index in [0.717, 1.165) is 37.8 Å². The summed E-state index contributed by atoms with van der Waals surface area (Å²) in [6.45, 7) is 0.105. The van der Waals surface area contributed by atoms with Crippen molar-refractivity contribution >= 4 is 27.5 Å². The van der Waals surface area contributed by atoms with Crippen molar-refractivity contribution in [3.8, 4) is 0 Å². The van der Waals surface area contributed by atoms with Gasteiger partial charge in [0.1, 0.15) is 0 Å². The third-order valence-corrected chi connectivity index (χ3v) is 4.17. The van der Waals surface area contributed by atoms with Crippen LogP contribution < -0.4 is 10.6 Å². The number of amides is 1. The summed E-state index contributed by atoms with van der Waals surface area (Å²) in [6, 6.07) is 3.51. The van der Waals surface area contributed by atoms with Crippen LogP contribution in [0, 0.1) is 0 Å². The van der Waals surface area contributed by atoms with Gasteiger partial charge >= 0.3 is 6.18 Å². The molecule has 2 rings (SSSR count). The number of carbonyl (C=O) groups excluding carboxylic acids is 1. The lowest BCUT2D eigenvalue weighted by Crippen LogP contribution is -2.34. The van der Waals surface area contributed by atoms with Gasteiger partial charge in [0.05, 0.1) is 17.8 Å². The predicted octanol–water partition coefficient (Wildman–Crippen LogP) is 3.94. The van der Waals surface area contributed by atoms with Crippen LogP contribution in [-0.2, 0) is 11.0 Å². The topological polar surface area (TPSA) is 41.1 Å². The van der Waals surface area contributed by atoms with Crippen LogP contribution in [0.4, 0.5) is 18.9 Å². The molecule has 1 aliphatic rings. The van der Waals surface area contributed by atoms with Crippen LogP contribution in [0.1, 0.15) is 31.2 Å². The first-order valence-corrected chi connectivity index (χ1v) is 7.55. The van der Waals surface area contributed by atoms with Crippen molar-refractivity contribution in [3.05, 3.63) is 28.2 Å². The molecule has 116 valence electrons. The standard InChI is InChI=1S/C14H16BrF3N2O/c15-11-6-5-9(14(16,17)18)7-12(11)20-13(21)8-19-10-3-1-2-4-10/h5-7,10,19H,1-4,8H2,(H,20,21). The lowest BCUT2D eigenvalue weighted by atomic mass is 10.2. The average molecular weight is 365 g/mol. The molecule has 1 fully saturated rings. The molecule has 1 aromatic carbocycles. The summed E-state index contributed by atoms with van der Waals surface area (Å²) in [5.41, 5.74) is -0.659. The van der Waals surface area contributed by atoms with E-state index in [2.05, 4.69) is 26.6 Å². The maximum Gasteiger partial charge on any atom is 0.416 e. The van der Waals surface area contributed by atoms with Crippen LogP contribution in [0.3, 0.4) is 0 Å². The lowest BCUT2D eigenvalue weighted by Gasteiger charge is -2.14. The molecule has 1 amide bonds. The number of benzene rings is 1. The first-order chi connectivity index (χ1) is 9.86. The zero-order valence-corrected chi connectivity index (χ0v) is 12.9. The molecule has 1 aliphatic carbocycles. The van der Waals surface area contributed by atoms with E-state index in [1.165, 1.54) is 6.07 Å². The monoisotopic (exact) mass is 364 g/mol. The number of halogens is 4. The van der Waals surface area contributed by atoms with Gasteiger partial charge in [-0.3, -0.25) is 4.79 Å². The van der Waals surface area contributed by atoms with Crippen LogP contribution >= 0.6 is 15.9 Å². The van der Waals surface area contributed by atoms with Gasteiger partial charge in [-0.05, 0) is 47.0 Å². The summed E-state index contributed by atoms with van der Waals surface area (Å²) >= 11 is 3.14. The average Bonchev–Trinajstić information content (AvgIpc) is 2.91. The highest BCUT2D eigenvalue weighted by atomic mass is 79.9. The van der Waals surface area contributed by atoms with Gasteiger partial charge in [-0.2, -0.15) is 13.2 Å². The molecule has 21 heavy (non-hydrogen) atoms. The molecule has 0 bridgehead atoms. The molecule has 0 spiro atoms. The van der Waals surface area contributed by atoms with Gasteiger partial charge in [-0.1, -0.05) is 12.8 Å². The normalized spacial score (nSPS) is 16.2. The van der Waals surface area contributed by atoms with Crippen molar-refractivity contribution in [2.45, 2.75) is 37.9 Å². The van der Waals surface area contributed by atoms with Gasteiger partial charge in [0, 0.05) is 10.5 Å². The maximum atomic E-state index is 12.6. The molecule has 0 aliphatic heterocycles. The number of anilines is 1. The zero-order valence-electron chi connectivity index (χ0n) is 11.3. The molecular weight excluding hydrogens is 349 g/mol. The Balaban J connectivity index is 1.96. The molecule has 0 unspecified atom stereocenters. The Labute approximate surface area is 129 Å². The Hall–Kier alpha value is -1.08.